The number of anilines is 3. The first kappa shape index (κ1) is 32.0. The van der Waals surface area contributed by atoms with Gasteiger partial charge in [0.2, 0.25) is 0 Å². The Morgan fingerprint density at radius 3 is 1.91 bits per heavy atom. The van der Waals surface area contributed by atoms with Gasteiger partial charge in [0.15, 0.2) is 0 Å². The molecule has 0 fully saturated rings. The van der Waals surface area contributed by atoms with Crippen LogP contribution in [0.2, 0.25) is 0 Å². The lowest BCUT2D eigenvalue weighted by Crippen LogP contribution is -2.09. The number of allylic oxidation sites excluding steroid dienone is 2. The number of aryl methyl sites for hydroxylation is 2. The highest BCUT2D eigenvalue weighted by Crippen LogP contribution is 2.55. The number of hydrogen-bond donors (Lipinski definition) is 0. The van der Waals surface area contributed by atoms with Gasteiger partial charge in [-0.15, -0.1) is 6.58 Å². The third-order valence-corrected chi connectivity index (χ3v) is 11.5. The van der Waals surface area contributed by atoms with Gasteiger partial charge in [-0.25, -0.2) is 0 Å². The molecule has 2 aliphatic carbocycles. The second-order valence-electron chi connectivity index (χ2n) is 14.7. The normalized spacial score (nSPS) is 12.6. The minimum absolute atomic E-state index is 0.262. The molecule has 0 saturated carbocycles. The summed E-state index contributed by atoms with van der Waals surface area (Å²) >= 11 is 0. The van der Waals surface area contributed by atoms with Crippen molar-refractivity contribution in [1.29, 1.82) is 0 Å². The molecule has 54 heavy (non-hydrogen) atoms. The molecule has 10 rings (SSSR count). The molecular weight excluding hydrogens is 653 g/mol. The summed E-state index contributed by atoms with van der Waals surface area (Å²) < 4.78 is 2.49. The van der Waals surface area contributed by atoms with Gasteiger partial charge in [-0.2, -0.15) is 0 Å². The van der Waals surface area contributed by atoms with E-state index in [2.05, 4.69) is 201 Å². The molecule has 0 bridgehead atoms. The van der Waals surface area contributed by atoms with Gasteiger partial charge in [-0.3, -0.25) is 0 Å². The summed E-state index contributed by atoms with van der Waals surface area (Å²) in [5, 5.41) is 7.85. The van der Waals surface area contributed by atoms with Crippen molar-refractivity contribution in [2.75, 3.05) is 4.90 Å². The van der Waals surface area contributed by atoms with Crippen molar-refractivity contribution in [2.24, 2.45) is 5.92 Å². The van der Waals surface area contributed by atoms with Gasteiger partial charge < -0.3 is 9.47 Å². The molecule has 1 aromatic heterocycles. The smallest absolute Gasteiger partial charge is 0.0548 e. The van der Waals surface area contributed by atoms with E-state index in [-0.39, 0.29) is 5.92 Å². The Hall–Kier alpha value is -6.64. The topological polar surface area (TPSA) is 8.17 Å². The van der Waals surface area contributed by atoms with Gasteiger partial charge in [0.25, 0.3) is 0 Å². The molecule has 0 amide bonds. The van der Waals surface area contributed by atoms with Crippen molar-refractivity contribution in [3.8, 4) is 27.9 Å². The fraction of sp³-hybridized carbons (Fsp3) is 0.0769. The number of para-hydroxylation sites is 2. The summed E-state index contributed by atoms with van der Waals surface area (Å²) in [5.41, 5.74) is 16.1. The summed E-state index contributed by atoms with van der Waals surface area (Å²) in [6, 6.07) is 55.4. The Morgan fingerprint density at radius 1 is 0.556 bits per heavy atom. The lowest BCUT2D eigenvalue weighted by atomic mass is 9.89. The Labute approximate surface area is 316 Å². The van der Waals surface area contributed by atoms with Crippen LogP contribution in [0.5, 0.6) is 0 Å². The first-order valence-electron chi connectivity index (χ1n) is 18.9. The molecule has 1 atom stereocenters. The highest BCUT2D eigenvalue weighted by atomic mass is 15.1. The van der Waals surface area contributed by atoms with Crippen molar-refractivity contribution < 1.29 is 0 Å². The maximum atomic E-state index is 4.08. The monoisotopic (exact) mass is 692 g/mol. The minimum atomic E-state index is 0.262. The van der Waals surface area contributed by atoms with Gasteiger partial charge >= 0.3 is 0 Å². The molecule has 0 aliphatic heterocycles. The second-order valence-corrected chi connectivity index (χ2v) is 14.7. The van der Waals surface area contributed by atoms with Crippen LogP contribution in [-0.4, -0.2) is 4.57 Å². The van der Waals surface area contributed by atoms with Crippen LogP contribution in [0.15, 0.2) is 170 Å². The molecule has 8 aromatic rings. The van der Waals surface area contributed by atoms with Crippen molar-refractivity contribution in [3.63, 3.8) is 0 Å². The van der Waals surface area contributed by atoms with Crippen LogP contribution in [0.4, 0.5) is 17.1 Å². The molecule has 0 spiro atoms. The number of nitrogens with zero attached hydrogens (tertiary/aromatic N) is 2. The van der Waals surface area contributed by atoms with Crippen LogP contribution < -0.4 is 4.90 Å². The first-order valence-corrected chi connectivity index (χ1v) is 18.9. The molecule has 0 unspecified atom stereocenters. The van der Waals surface area contributed by atoms with Crippen molar-refractivity contribution in [3.05, 3.63) is 187 Å². The zero-order chi connectivity index (χ0) is 36.5. The zero-order valence-corrected chi connectivity index (χ0v) is 30.8. The standard InChI is InChI=1S/C52H40N2/c1-5-33(2)23-29-42-35(4)43-30-32-46-52-50(43)49(42)48(41-21-13-12-15-34(41)3)44-22-14-16-36-24-31-45(51(52)47(36)44)54(46)40-27-25-39(26-28-40)53(37-17-8-6-9-18-37)38-19-10-7-11-20-38/h5-33H,1H2,2-4H3/b29-23-/t33-/m0/s1. The number of aromatic nitrogens is 1. The zero-order valence-electron chi connectivity index (χ0n) is 30.8. The van der Waals surface area contributed by atoms with E-state index in [1.807, 2.05) is 6.08 Å². The summed E-state index contributed by atoms with van der Waals surface area (Å²) in [4.78, 5) is 2.32. The van der Waals surface area contributed by atoms with Gasteiger partial charge in [-0.05, 0) is 135 Å². The fourth-order valence-corrected chi connectivity index (χ4v) is 8.91. The third-order valence-electron chi connectivity index (χ3n) is 11.5. The molecule has 2 aliphatic rings. The lowest BCUT2D eigenvalue weighted by molar-refractivity contribution is 0.950. The van der Waals surface area contributed by atoms with Crippen molar-refractivity contribution >= 4 is 66.5 Å². The van der Waals surface area contributed by atoms with E-state index in [1.165, 1.54) is 82.3 Å². The highest BCUT2D eigenvalue weighted by Gasteiger charge is 2.30. The molecule has 1 heterocycles. The van der Waals surface area contributed by atoms with E-state index in [0.29, 0.717) is 0 Å². The maximum absolute atomic E-state index is 4.08. The van der Waals surface area contributed by atoms with E-state index in [9.17, 15) is 0 Å². The Balaban J connectivity index is 1.29. The summed E-state index contributed by atoms with van der Waals surface area (Å²) in [7, 11) is 0. The predicted molar refractivity (Wildman–Crippen MR) is 233 cm³/mol. The average molecular weight is 693 g/mol. The molecule has 0 N–H and O–H groups in total. The Morgan fingerprint density at radius 2 is 1.20 bits per heavy atom. The molecule has 2 nitrogen and oxygen atoms in total. The third kappa shape index (κ3) is 4.73. The summed E-state index contributed by atoms with van der Waals surface area (Å²) in [6.45, 7) is 10.8. The molecule has 2 heteroatoms. The summed E-state index contributed by atoms with van der Waals surface area (Å²) in [5.74, 6) is 0.262. The SMILES string of the molecule is C=C[C@H](C)/C=C\c1c2c(-c3ccccc3C)c3cccc4ccc5c(c6c-2c(ccc6n5-c2ccc(N(c5ccccc5)c5ccccc5)cc2)c1C)c43. The maximum Gasteiger partial charge on any atom is 0.0548 e. The largest absolute Gasteiger partial charge is 0.311 e. The van der Waals surface area contributed by atoms with Crippen LogP contribution >= 0.6 is 0 Å². The van der Waals surface area contributed by atoms with Gasteiger partial charge in [0, 0.05) is 39.1 Å². The Bertz CT molecular complexity index is 2930. The molecule has 258 valence electrons. The van der Waals surface area contributed by atoms with E-state index in [1.54, 1.807) is 0 Å². The Kier molecular flexibility index (Phi) is 7.42. The van der Waals surface area contributed by atoms with E-state index in [4.69, 9.17) is 0 Å². The number of hydrogen-bond acceptors (Lipinski definition) is 1. The predicted octanol–water partition coefficient (Wildman–Crippen LogP) is 14.7. The van der Waals surface area contributed by atoms with Crippen molar-refractivity contribution in [1.82, 2.24) is 4.57 Å². The number of rotatable bonds is 8. The molecule has 0 saturated heterocycles. The number of benzene rings is 7. The quantitative estimate of drug-likeness (QED) is 0.144. The fourth-order valence-electron chi connectivity index (χ4n) is 8.91. The van der Waals surface area contributed by atoms with Crippen LogP contribution in [0.1, 0.15) is 23.6 Å². The van der Waals surface area contributed by atoms with E-state index < -0.39 is 0 Å². The van der Waals surface area contributed by atoms with Crippen LogP contribution in [-0.2, 0) is 0 Å². The van der Waals surface area contributed by atoms with E-state index >= 15 is 0 Å². The minimum Gasteiger partial charge on any atom is -0.311 e. The van der Waals surface area contributed by atoms with E-state index in [0.717, 1.165) is 22.7 Å². The molecule has 0 radical (unpaired) electrons. The van der Waals surface area contributed by atoms with Crippen LogP contribution in [0, 0.1) is 19.8 Å². The summed E-state index contributed by atoms with van der Waals surface area (Å²) in [6.07, 6.45) is 6.67. The molecular formula is C52H40N2. The second kappa shape index (κ2) is 12.5. The van der Waals surface area contributed by atoms with Gasteiger partial charge in [0.1, 0.15) is 0 Å². The van der Waals surface area contributed by atoms with Crippen LogP contribution in [0.3, 0.4) is 0 Å². The molecule has 7 aromatic carbocycles. The van der Waals surface area contributed by atoms with Crippen LogP contribution in [0.25, 0.3) is 77.4 Å². The van der Waals surface area contributed by atoms with Gasteiger partial charge in [-0.1, -0.05) is 116 Å². The van der Waals surface area contributed by atoms with Gasteiger partial charge in [0.05, 0.1) is 11.0 Å². The lowest BCUT2D eigenvalue weighted by Gasteiger charge is -2.25. The van der Waals surface area contributed by atoms with Crippen molar-refractivity contribution in [2.45, 2.75) is 20.8 Å². The highest BCUT2D eigenvalue weighted by molar-refractivity contribution is 6.35. The average Bonchev–Trinajstić information content (AvgIpc) is 3.65. The first-order chi connectivity index (χ1) is 26.5.